The molecule has 5 N–H and O–H groups in total. The average molecular weight is 463 g/mol. The lowest BCUT2D eigenvalue weighted by Gasteiger charge is -2.15. The molecule has 1 aromatic carbocycles. The number of nitrogens with two attached hydrogens (primary N) is 1. The average Bonchev–Trinajstić information content (AvgIpc) is 3.05. The number of carboxylic acids is 2. The van der Waals surface area contributed by atoms with Gasteiger partial charge in [-0.3, -0.25) is 9.48 Å². The Balaban J connectivity index is 2.28. The molecule has 0 atom stereocenters. The van der Waals surface area contributed by atoms with E-state index in [-0.39, 0.29) is 17.7 Å². The van der Waals surface area contributed by atoms with Gasteiger partial charge in [0.25, 0.3) is 5.56 Å². The third-order valence-corrected chi connectivity index (χ3v) is 4.58. The summed E-state index contributed by atoms with van der Waals surface area (Å²) in [6, 6.07) is 4.56. The SMILES string of the molecule is COc1ccc(-c2c(C(=O)O)c(N)[nH]c(=O)c2C(=O)O)cc1Cn1cc(Br)cn1. The second-order valence-corrected chi connectivity index (χ2v) is 6.90. The minimum Gasteiger partial charge on any atom is -0.496 e. The van der Waals surface area contributed by atoms with Crippen LogP contribution in [-0.4, -0.2) is 44.0 Å². The van der Waals surface area contributed by atoms with Crippen molar-refractivity contribution in [2.45, 2.75) is 6.54 Å². The number of aromatic carboxylic acids is 2. The second kappa shape index (κ2) is 7.80. The van der Waals surface area contributed by atoms with E-state index in [0.717, 1.165) is 4.47 Å². The van der Waals surface area contributed by atoms with Crippen molar-refractivity contribution in [3.05, 3.63) is 62.1 Å². The van der Waals surface area contributed by atoms with Gasteiger partial charge in [-0.05, 0) is 33.6 Å². The third kappa shape index (κ3) is 3.85. The predicted octanol–water partition coefficient (Wildman–Crippen LogP) is 2.04. The molecule has 0 amide bonds. The van der Waals surface area contributed by atoms with Crippen LogP contribution in [0.2, 0.25) is 0 Å². The lowest BCUT2D eigenvalue weighted by molar-refractivity contribution is 0.0695. The van der Waals surface area contributed by atoms with E-state index in [4.69, 9.17) is 10.5 Å². The number of halogens is 1. The molecule has 2 aromatic heterocycles. The molecule has 0 spiro atoms. The summed E-state index contributed by atoms with van der Waals surface area (Å²) in [4.78, 5) is 37.7. The summed E-state index contributed by atoms with van der Waals surface area (Å²) in [5.74, 6) is -3.00. The maximum absolute atomic E-state index is 12.2. The molecule has 0 fully saturated rings. The highest BCUT2D eigenvalue weighted by molar-refractivity contribution is 9.10. The number of methoxy groups -OCH3 is 1. The Labute approximate surface area is 171 Å². The number of carboxylic acid groups (broad SMARTS) is 2. The summed E-state index contributed by atoms with van der Waals surface area (Å²) in [5, 5.41) is 23.2. The van der Waals surface area contributed by atoms with Gasteiger partial charge in [-0.25, -0.2) is 9.59 Å². The number of anilines is 1. The quantitative estimate of drug-likeness (QED) is 0.432. The van der Waals surface area contributed by atoms with Crippen LogP contribution in [0.1, 0.15) is 26.3 Å². The van der Waals surface area contributed by atoms with Gasteiger partial charge in [0.05, 0.1) is 24.3 Å². The molecule has 0 saturated heterocycles. The lowest BCUT2D eigenvalue weighted by atomic mass is 9.94. The highest BCUT2D eigenvalue weighted by atomic mass is 79.9. The fraction of sp³-hybridized carbons (Fsp3) is 0.111. The number of aromatic nitrogens is 3. The van der Waals surface area contributed by atoms with Crippen LogP contribution in [0.5, 0.6) is 5.75 Å². The Morgan fingerprint density at radius 2 is 1.97 bits per heavy atom. The molecule has 0 saturated carbocycles. The molecule has 3 rings (SSSR count). The first-order valence-electron chi connectivity index (χ1n) is 8.10. The van der Waals surface area contributed by atoms with Crippen molar-refractivity contribution in [1.82, 2.24) is 14.8 Å². The monoisotopic (exact) mass is 462 g/mol. The standard InChI is InChI=1S/C18H15BrN4O6/c1-29-11-3-2-8(4-9(11)6-23-7-10(19)5-21-23)12-13(17(25)26)15(20)22-16(24)14(12)18(27)28/h2-5,7H,6H2,1H3,(H,25,26)(H,27,28)(H3,20,22,24). The predicted molar refractivity (Wildman–Crippen MR) is 106 cm³/mol. The zero-order valence-corrected chi connectivity index (χ0v) is 16.6. The lowest BCUT2D eigenvalue weighted by Crippen LogP contribution is -2.24. The summed E-state index contributed by atoms with van der Waals surface area (Å²) < 4.78 is 7.71. The van der Waals surface area contributed by atoms with Crippen molar-refractivity contribution < 1.29 is 24.5 Å². The number of hydrogen-bond acceptors (Lipinski definition) is 6. The molecule has 0 aliphatic rings. The normalized spacial score (nSPS) is 10.7. The van der Waals surface area contributed by atoms with Crippen molar-refractivity contribution in [1.29, 1.82) is 0 Å². The molecule has 0 aliphatic heterocycles. The van der Waals surface area contributed by atoms with E-state index in [9.17, 15) is 24.6 Å². The van der Waals surface area contributed by atoms with Gasteiger partial charge in [0.1, 0.15) is 22.7 Å². The first-order valence-corrected chi connectivity index (χ1v) is 8.89. The van der Waals surface area contributed by atoms with Crippen LogP contribution in [-0.2, 0) is 6.54 Å². The van der Waals surface area contributed by atoms with E-state index >= 15 is 0 Å². The number of pyridine rings is 1. The number of benzene rings is 1. The van der Waals surface area contributed by atoms with Crippen molar-refractivity contribution >= 4 is 33.7 Å². The molecular formula is C18H15BrN4O6. The zero-order valence-electron chi connectivity index (χ0n) is 15.0. The Morgan fingerprint density at radius 3 is 2.52 bits per heavy atom. The Bertz CT molecular complexity index is 1180. The van der Waals surface area contributed by atoms with Crippen LogP contribution in [0.4, 0.5) is 5.82 Å². The van der Waals surface area contributed by atoms with Crippen LogP contribution in [0.25, 0.3) is 11.1 Å². The van der Waals surface area contributed by atoms with E-state index in [1.165, 1.54) is 13.2 Å². The third-order valence-electron chi connectivity index (χ3n) is 4.18. The molecule has 29 heavy (non-hydrogen) atoms. The Kier molecular flexibility index (Phi) is 5.41. The molecule has 10 nitrogen and oxygen atoms in total. The molecule has 11 heteroatoms. The second-order valence-electron chi connectivity index (χ2n) is 5.99. The Morgan fingerprint density at radius 1 is 1.28 bits per heavy atom. The van der Waals surface area contributed by atoms with Gasteiger partial charge < -0.3 is 25.7 Å². The number of aromatic amines is 1. The first-order chi connectivity index (χ1) is 13.7. The van der Waals surface area contributed by atoms with Gasteiger partial charge in [-0.1, -0.05) is 6.07 Å². The summed E-state index contributed by atoms with van der Waals surface area (Å²) in [5.41, 5.74) is 3.97. The molecular weight excluding hydrogens is 448 g/mol. The topological polar surface area (TPSA) is 161 Å². The number of carbonyl (C=O) groups is 2. The van der Waals surface area contributed by atoms with Gasteiger partial charge >= 0.3 is 11.9 Å². The van der Waals surface area contributed by atoms with Crippen LogP contribution >= 0.6 is 15.9 Å². The number of ether oxygens (including phenoxy) is 1. The molecule has 0 radical (unpaired) electrons. The summed E-state index contributed by atoms with van der Waals surface area (Å²) in [7, 11) is 1.47. The van der Waals surface area contributed by atoms with Crippen LogP contribution in [0.15, 0.2) is 39.9 Å². The Hall–Kier alpha value is -3.60. The first kappa shape index (κ1) is 20.1. The van der Waals surface area contributed by atoms with Crippen molar-refractivity contribution in [2.24, 2.45) is 0 Å². The molecule has 2 heterocycles. The van der Waals surface area contributed by atoms with Crippen molar-refractivity contribution in [2.75, 3.05) is 12.8 Å². The zero-order chi connectivity index (χ0) is 21.3. The molecule has 0 bridgehead atoms. The van der Waals surface area contributed by atoms with Gasteiger partial charge in [0.15, 0.2) is 0 Å². The van der Waals surface area contributed by atoms with Gasteiger partial charge in [-0.2, -0.15) is 5.10 Å². The summed E-state index contributed by atoms with van der Waals surface area (Å²) in [6.07, 6.45) is 3.32. The molecule has 0 aliphatic carbocycles. The van der Waals surface area contributed by atoms with Gasteiger partial charge in [0.2, 0.25) is 0 Å². The van der Waals surface area contributed by atoms with Crippen LogP contribution < -0.4 is 16.0 Å². The van der Waals surface area contributed by atoms with Crippen LogP contribution in [0.3, 0.4) is 0 Å². The van der Waals surface area contributed by atoms with E-state index in [1.807, 2.05) is 0 Å². The van der Waals surface area contributed by atoms with E-state index < -0.39 is 34.4 Å². The number of nitrogens with one attached hydrogen (secondary N) is 1. The molecule has 3 aromatic rings. The summed E-state index contributed by atoms with van der Waals surface area (Å²) in [6.45, 7) is 0.256. The number of hydrogen-bond donors (Lipinski definition) is 4. The van der Waals surface area contributed by atoms with E-state index in [1.54, 1.807) is 29.2 Å². The number of H-pyrrole nitrogens is 1. The summed E-state index contributed by atoms with van der Waals surface area (Å²) >= 11 is 3.30. The van der Waals surface area contributed by atoms with Gasteiger partial charge in [-0.15, -0.1) is 0 Å². The largest absolute Gasteiger partial charge is 0.496 e. The number of rotatable bonds is 6. The van der Waals surface area contributed by atoms with Crippen LogP contribution in [0, 0.1) is 0 Å². The van der Waals surface area contributed by atoms with Crippen molar-refractivity contribution in [3.63, 3.8) is 0 Å². The number of nitrogens with zero attached hydrogens (tertiary/aromatic N) is 2. The highest BCUT2D eigenvalue weighted by Gasteiger charge is 2.27. The minimum absolute atomic E-state index is 0.194. The minimum atomic E-state index is -1.57. The van der Waals surface area contributed by atoms with Crippen molar-refractivity contribution in [3.8, 4) is 16.9 Å². The smallest absolute Gasteiger partial charge is 0.342 e. The van der Waals surface area contributed by atoms with Gasteiger partial charge in [0, 0.05) is 17.3 Å². The van der Waals surface area contributed by atoms with E-state index in [2.05, 4.69) is 26.0 Å². The maximum Gasteiger partial charge on any atom is 0.342 e. The fourth-order valence-electron chi connectivity index (χ4n) is 2.99. The molecule has 0 unspecified atom stereocenters. The fourth-order valence-corrected chi connectivity index (χ4v) is 3.32. The number of nitrogen functional groups attached to an aromatic ring is 1. The highest BCUT2D eigenvalue weighted by Crippen LogP contribution is 2.33. The maximum atomic E-state index is 12.2. The molecule has 150 valence electrons. The van der Waals surface area contributed by atoms with E-state index in [0.29, 0.717) is 11.3 Å².